The molecule has 0 saturated carbocycles. The van der Waals surface area contributed by atoms with Gasteiger partial charge in [-0.15, -0.1) is 0 Å². The molecule has 3 rings (SSSR count). The molecule has 4 amide bonds. The average molecular weight is 444 g/mol. The molecule has 32 heavy (non-hydrogen) atoms. The van der Waals surface area contributed by atoms with Gasteiger partial charge in [-0.1, -0.05) is 6.07 Å². The smallest absolute Gasteiger partial charge is 0.323 e. The van der Waals surface area contributed by atoms with Crippen LogP contribution in [0.25, 0.3) is 0 Å². The highest BCUT2D eigenvalue weighted by molar-refractivity contribution is 6.00. The molecule has 0 radical (unpaired) electrons. The number of rotatable bonds is 6. The minimum Gasteiger partial charge on any atom is -0.351 e. The molecule has 11 nitrogen and oxygen atoms in total. The van der Waals surface area contributed by atoms with Crippen LogP contribution >= 0.6 is 0 Å². The second-order valence-electron chi connectivity index (χ2n) is 6.89. The van der Waals surface area contributed by atoms with E-state index in [1.54, 1.807) is 0 Å². The molecule has 1 saturated heterocycles. The molecule has 0 aliphatic carbocycles. The number of nitro benzene ring substituents is 1. The van der Waals surface area contributed by atoms with Crippen LogP contribution in [0, 0.1) is 15.9 Å². The quantitative estimate of drug-likeness (QED) is 0.449. The van der Waals surface area contributed by atoms with Gasteiger partial charge in [-0.2, -0.15) is 0 Å². The highest BCUT2D eigenvalue weighted by Crippen LogP contribution is 2.22. The van der Waals surface area contributed by atoms with Crippen LogP contribution in [-0.2, 0) is 4.79 Å². The molecule has 1 atom stereocenters. The second-order valence-corrected chi connectivity index (χ2v) is 6.89. The zero-order valence-corrected chi connectivity index (χ0v) is 16.9. The lowest BCUT2D eigenvalue weighted by atomic mass is 10.1. The number of amides is 4. The minimum absolute atomic E-state index is 0.0422. The maximum atomic E-state index is 13.4. The fraction of sp³-hybridized carbons (Fsp3) is 0.250. The summed E-state index contributed by atoms with van der Waals surface area (Å²) in [5, 5.41) is 15.9. The predicted octanol–water partition coefficient (Wildman–Crippen LogP) is 1.12. The summed E-state index contributed by atoms with van der Waals surface area (Å²) >= 11 is 0. The lowest BCUT2D eigenvalue weighted by molar-refractivity contribution is -0.384. The molecule has 0 bridgehead atoms. The molecule has 1 heterocycles. The zero-order chi connectivity index (χ0) is 23.3. The van der Waals surface area contributed by atoms with Crippen molar-refractivity contribution in [3.8, 4) is 0 Å². The number of nitrogens with zero attached hydrogens (tertiary/aromatic N) is 3. The molecule has 1 aliphatic heterocycles. The Labute approximate surface area is 182 Å². The predicted molar refractivity (Wildman–Crippen MR) is 112 cm³/mol. The van der Waals surface area contributed by atoms with Crippen molar-refractivity contribution in [3.05, 3.63) is 70.0 Å². The van der Waals surface area contributed by atoms with E-state index in [4.69, 9.17) is 5.73 Å². The number of carbonyl (C=O) groups excluding carboxylic acids is 3. The first-order chi connectivity index (χ1) is 15.3. The Hall–Kier alpha value is -4.06. The SMILES string of the molecule is NCCNC(=O)C1N(C(=O)Nc2cccc(F)c2)CCN1C(=O)c1ccc([N+](=O)[O-])cc1. The molecule has 0 spiro atoms. The van der Waals surface area contributed by atoms with Gasteiger partial charge in [0, 0.05) is 49.6 Å². The third kappa shape index (κ3) is 4.98. The van der Waals surface area contributed by atoms with E-state index in [0.717, 1.165) is 11.0 Å². The van der Waals surface area contributed by atoms with Crippen molar-refractivity contribution in [1.82, 2.24) is 15.1 Å². The lowest BCUT2D eigenvalue weighted by Gasteiger charge is -2.29. The molecule has 0 aromatic heterocycles. The molecule has 12 heteroatoms. The van der Waals surface area contributed by atoms with Crippen molar-refractivity contribution < 1.29 is 23.7 Å². The molecule has 1 fully saturated rings. The van der Waals surface area contributed by atoms with Gasteiger partial charge in [0.2, 0.25) is 0 Å². The highest BCUT2D eigenvalue weighted by atomic mass is 19.1. The standard InChI is InChI=1S/C20H21FN6O5/c21-14-2-1-3-15(12-14)24-20(30)26-11-10-25(18(26)17(28)23-9-8-22)19(29)13-4-6-16(7-5-13)27(31)32/h1-7,12,18H,8-11,22H2,(H,23,28)(H,24,30). The van der Waals surface area contributed by atoms with Crippen LogP contribution in [-0.4, -0.2) is 64.9 Å². The molecule has 1 unspecified atom stereocenters. The van der Waals surface area contributed by atoms with Crippen LogP contribution in [0.1, 0.15) is 10.4 Å². The number of hydrogen-bond acceptors (Lipinski definition) is 6. The average Bonchev–Trinajstić information content (AvgIpc) is 3.22. The van der Waals surface area contributed by atoms with E-state index < -0.39 is 34.8 Å². The number of nitro groups is 1. The van der Waals surface area contributed by atoms with Gasteiger partial charge in [-0.05, 0) is 30.3 Å². The topological polar surface area (TPSA) is 151 Å². The fourth-order valence-corrected chi connectivity index (χ4v) is 3.28. The summed E-state index contributed by atoms with van der Waals surface area (Å²) < 4.78 is 13.4. The Morgan fingerprint density at radius 3 is 2.44 bits per heavy atom. The second kappa shape index (κ2) is 9.83. The minimum atomic E-state index is -1.28. The Morgan fingerprint density at radius 1 is 1.12 bits per heavy atom. The van der Waals surface area contributed by atoms with E-state index >= 15 is 0 Å². The maximum absolute atomic E-state index is 13.4. The molecule has 2 aromatic rings. The van der Waals surface area contributed by atoms with Gasteiger partial charge in [-0.3, -0.25) is 24.6 Å². The number of hydrogen-bond donors (Lipinski definition) is 3. The number of benzene rings is 2. The van der Waals surface area contributed by atoms with Crippen LogP contribution in [0.3, 0.4) is 0 Å². The Morgan fingerprint density at radius 2 is 1.81 bits per heavy atom. The lowest BCUT2D eigenvalue weighted by Crippen LogP contribution is -2.55. The van der Waals surface area contributed by atoms with E-state index in [0.29, 0.717) is 0 Å². The Kier molecular flexibility index (Phi) is 6.95. The number of carbonyl (C=O) groups is 3. The van der Waals surface area contributed by atoms with Gasteiger partial charge in [0.25, 0.3) is 17.5 Å². The van der Waals surface area contributed by atoms with Gasteiger partial charge in [0.05, 0.1) is 4.92 Å². The summed E-state index contributed by atoms with van der Waals surface area (Å²) in [6.45, 7) is 0.381. The number of anilines is 1. The Bertz CT molecular complexity index is 1030. The third-order valence-corrected chi connectivity index (χ3v) is 4.77. The van der Waals surface area contributed by atoms with Crippen molar-refractivity contribution in [2.75, 3.05) is 31.5 Å². The van der Waals surface area contributed by atoms with Gasteiger partial charge < -0.3 is 21.3 Å². The summed E-state index contributed by atoms with van der Waals surface area (Å²) in [5.74, 6) is -1.73. The first-order valence-electron chi connectivity index (χ1n) is 9.68. The number of nitrogens with two attached hydrogens (primary N) is 1. The molecular formula is C20H21FN6O5. The van der Waals surface area contributed by atoms with Crippen LogP contribution in [0.2, 0.25) is 0 Å². The first kappa shape index (κ1) is 22.6. The maximum Gasteiger partial charge on any atom is 0.323 e. The Balaban J connectivity index is 1.83. The van der Waals surface area contributed by atoms with Crippen molar-refractivity contribution in [3.63, 3.8) is 0 Å². The molecule has 1 aliphatic rings. The highest BCUT2D eigenvalue weighted by Gasteiger charge is 2.43. The van der Waals surface area contributed by atoms with Gasteiger partial charge >= 0.3 is 6.03 Å². The van der Waals surface area contributed by atoms with E-state index in [-0.39, 0.29) is 43.1 Å². The molecular weight excluding hydrogens is 423 g/mol. The monoisotopic (exact) mass is 444 g/mol. The van der Waals surface area contributed by atoms with Crippen LogP contribution in [0.5, 0.6) is 0 Å². The largest absolute Gasteiger partial charge is 0.351 e. The van der Waals surface area contributed by atoms with Crippen LogP contribution < -0.4 is 16.4 Å². The summed E-state index contributed by atoms with van der Waals surface area (Å²) in [7, 11) is 0. The van der Waals surface area contributed by atoms with Crippen LogP contribution in [0.4, 0.5) is 20.6 Å². The number of urea groups is 1. The first-order valence-corrected chi connectivity index (χ1v) is 9.68. The third-order valence-electron chi connectivity index (χ3n) is 4.77. The van der Waals surface area contributed by atoms with E-state index in [1.165, 1.54) is 47.4 Å². The van der Waals surface area contributed by atoms with Crippen molar-refractivity contribution >= 4 is 29.2 Å². The number of nitrogens with one attached hydrogen (secondary N) is 2. The van der Waals surface area contributed by atoms with Crippen LogP contribution in [0.15, 0.2) is 48.5 Å². The van der Waals surface area contributed by atoms with E-state index in [9.17, 15) is 28.9 Å². The fourth-order valence-electron chi connectivity index (χ4n) is 3.28. The number of halogens is 1. The molecule has 4 N–H and O–H groups in total. The van der Waals surface area contributed by atoms with Crippen molar-refractivity contribution in [1.29, 1.82) is 0 Å². The number of non-ortho nitro benzene ring substituents is 1. The van der Waals surface area contributed by atoms with Gasteiger partial charge in [-0.25, -0.2) is 9.18 Å². The normalized spacial score (nSPS) is 15.4. The van der Waals surface area contributed by atoms with Crippen molar-refractivity contribution in [2.24, 2.45) is 5.73 Å². The van der Waals surface area contributed by atoms with Crippen molar-refractivity contribution in [2.45, 2.75) is 6.17 Å². The summed E-state index contributed by atoms with van der Waals surface area (Å²) in [6.07, 6.45) is -1.28. The molecule has 168 valence electrons. The zero-order valence-electron chi connectivity index (χ0n) is 16.9. The summed E-state index contributed by atoms with van der Waals surface area (Å²) in [6, 6.07) is 9.49. The van der Waals surface area contributed by atoms with E-state index in [2.05, 4.69) is 10.6 Å². The summed E-state index contributed by atoms with van der Waals surface area (Å²) in [4.78, 5) is 51.2. The van der Waals surface area contributed by atoms with E-state index in [1.807, 2.05) is 0 Å². The molecule has 2 aromatic carbocycles. The van der Waals surface area contributed by atoms with Gasteiger partial charge in [0.1, 0.15) is 5.82 Å². The van der Waals surface area contributed by atoms with Gasteiger partial charge in [0.15, 0.2) is 6.17 Å². The summed E-state index contributed by atoms with van der Waals surface area (Å²) in [5.41, 5.74) is 5.56.